The van der Waals surface area contributed by atoms with Crippen LogP contribution in [-0.2, 0) is 38.6 Å². The average molecular weight is 584 g/mol. The van der Waals surface area contributed by atoms with Gasteiger partial charge >= 0.3 is 17.9 Å². The van der Waals surface area contributed by atoms with Crippen LogP contribution in [-0.4, -0.2) is 51.1 Å². The molecule has 222 valence electrons. The number of nitrogens with zero attached hydrogens (tertiary/aromatic N) is 3. The molecule has 0 saturated heterocycles. The van der Waals surface area contributed by atoms with Gasteiger partial charge in [-0.2, -0.15) is 0 Å². The third kappa shape index (κ3) is 9.11. The van der Waals surface area contributed by atoms with Gasteiger partial charge in [0.2, 0.25) is 5.91 Å². The quantitative estimate of drug-likeness (QED) is 0.224. The van der Waals surface area contributed by atoms with E-state index < -0.39 is 41.8 Å². The molecule has 0 atom stereocenters. The van der Waals surface area contributed by atoms with Gasteiger partial charge in [0, 0.05) is 18.5 Å². The van der Waals surface area contributed by atoms with E-state index in [-0.39, 0.29) is 35.7 Å². The van der Waals surface area contributed by atoms with Gasteiger partial charge < -0.3 is 19.4 Å². The molecule has 0 saturated carbocycles. The third-order valence-electron chi connectivity index (χ3n) is 5.31. The van der Waals surface area contributed by atoms with Crippen molar-refractivity contribution >= 4 is 29.5 Å². The number of ether oxygens (including phenoxy) is 2. The van der Waals surface area contributed by atoms with E-state index in [1.807, 2.05) is 5.43 Å². The lowest BCUT2D eigenvalue weighted by Gasteiger charge is -2.20. The van der Waals surface area contributed by atoms with Crippen LogP contribution in [0.15, 0.2) is 53.7 Å². The maximum atomic E-state index is 14.9. The standard InChI is InChI=1S/C27H30FN7O7/c1-27(2,3)42-26(40)32-19-14-30-18(22(28)23(19)41-4)13-31-24(38)25(39)34-33-20(36)11-16-8-9-17(29-12-16)15-35-10-6-5-7-21(35)37/h5-10,12,14H,11,13,15H2,1-4H3,(H,31,38)(H,32,40)(H,33,36)(H,34,39). The highest BCUT2D eigenvalue weighted by atomic mass is 19.1. The summed E-state index contributed by atoms with van der Waals surface area (Å²) in [7, 11) is 1.18. The van der Waals surface area contributed by atoms with Gasteiger partial charge in [0.1, 0.15) is 11.3 Å². The van der Waals surface area contributed by atoms with Gasteiger partial charge in [0.05, 0.1) is 44.2 Å². The predicted octanol–water partition coefficient (Wildman–Crippen LogP) is 1.19. The van der Waals surface area contributed by atoms with Crippen molar-refractivity contribution in [3.05, 3.63) is 82.0 Å². The van der Waals surface area contributed by atoms with Crippen molar-refractivity contribution in [1.29, 1.82) is 0 Å². The van der Waals surface area contributed by atoms with Crippen LogP contribution in [0.1, 0.15) is 37.7 Å². The Morgan fingerprint density at radius 2 is 1.76 bits per heavy atom. The van der Waals surface area contributed by atoms with E-state index in [4.69, 9.17) is 9.47 Å². The predicted molar refractivity (Wildman–Crippen MR) is 146 cm³/mol. The number of hydrogen-bond acceptors (Lipinski definition) is 9. The van der Waals surface area contributed by atoms with Gasteiger partial charge in [-0.25, -0.2) is 9.18 Å². The zero-order valence-corrected chi connectivity index (χ0v) is 23.3. The van der Waals surface area contributed by atoms with Gasteiger partial charge in [0.25, 0.3) is 5.56 Å². The summed E-state index contributed by atoms with van der Waals surface area (Å²) in [4.78, 5) is 68.3. The Kier molecular flexibility index (Phi) is 10.3. The molecule has 3 heterocycles. The van der Waals surface area contributed by atoms with Crippen LogP contribution in [0.4, 0.5) is 14.9 Å². The monoisotopic (exact) mass is 583 g/mol. The Hall–Kier alpha value is -5.34. The molecule has 42 heavy (non-hydrogen) atoms. The SMILES string of the molecule is COc1c(NC(=O)OC(C)(C)C)cnc(CNC(=O)C(=O)NNC(=O)Cc2ccc(Cn3ccccc3=O)nc2)c1F. The summed E-state index contributed by atoms with van der Waals surface area (Å²) < 4.78 is 26.5. The maximum Gasteiger partial charge on any atom is 0.412 e. The third-order valence-corrected chi connectivity index (χ3v) is 5.31. The van der Waals surface area contributed by atoms with Crippen molar-refractivity contribution in [2.24, 2.45) is 0 Å². The summed E-state index contributed by atoms with van der Waals surface area (Å²) in [6.07, 6.45) is 3.20. The molecular weight excluding hydrogens is 553 g/mol. The van der Waals surface area contributed by atoms with E-state index in [0.717, 1.165) is 6.20 Å². The number of carbonyl (C=O) groups is 4. The minimum absolute atomic E-state index is 0.101. The fraction of sp³-hybridized carbons (Fsp3) is 0.296. The van der Waals surface area contributed by atoms with Crippen molar-refractivity contribution in [2.75, 3.05) is 12.4 Å². The molecule has 3 rings (SSSR count). The van der Waals surface area contributed by atoms with Crippen molar-refractivity contribution in [3.63, 3.8) is 0 Å². The number of pyridine rings is 3. The summed E-state index contributed by atoms with van der Waals surface area (Å²) in [5, 5.41) is 4.51. The second kappa shape index (κ2) is 13.8. The number of halogens is 1. The molecule has 0 aliphatic carbocycles. The molecule has 0 aliphatic rings. The van der Waals surface area contributed by atoms with E-state index in [2.05, 4.69) is 26.0 Å². The lowest BCUT2D eigenvalue weighted by molar-refractivity contribution is -0.141. The topological polar surface area (TPSA) is 183 Å². The first-order chi connectivity index (χ1) is 19.9. The number of nitrogens with one attached hydrogen (secondary N) is 4. The van der Waals surface area contributed by atoms with Gasteiger partial charge in [-0.05, 0) is 38.5 Å². The number of anilines is 1. The summed E-state index contributed by atoms with van der Waals surface area (Å²) in [6, 6.07) is 8.11. The summed E-state index contributed by atoms with van der Waals surface area (Å²) in [6.45, 7) is 4.74. The van der Waals surface area contributed by atoms with Crippen LogP contribution in [0.3, 0.4) is 0 Å². The van der Waals surface area contributed by atoms with Gasteiger partial charge in [0.15, 0.2) is 11.6 Å². The molecule has 0 spiro atoms. The zero-order chi connectivity index (χ0) is 30.9. The van der Waals surface area contributed by atoms with Gasteiger partial charge in [-0.3, -0.25) is 45.3 Å². The number of hydrazine groups is 1. The largest absolute Gasteiger partial charge is 0.491 e. The molecule has 3 aromatic heterocycles. The molecule has 0 aromatic carbocycles. The maximum absolute atomic E-state index is 14.9. The molecule has 3 aromatic rings. The minimum Gasteiger partial charge on any atom is -0.491 e. The molecule has 0 radical (unpaired) electrons. The first-order valence-corrected chi connectivity index (χ1v) is 12.5. The van der Waals surface area contributed by atoms with Gasteiger partial charge in [-0.1, -0.05) is 12.1 Å². The second-order valence-electron chi connectivity index (χ2n) is 9.78. The Labute approximate surface area is 239 Å². The van der Waals surface area contributed by atoms with Crippen LogP contribution in [0.5, 0.6) is 5.75 Å². The van der Waals surface area contributed by atoms with E-state index in [9.17, 15) is 28.4 Å². The van der Waals surface area contributed by atoms with Crippen LogP contribution < -0.4 is 31.8 Å². The number of rotatable bonds is 8. The Morgan fingerprint density at radius 3 is 2.40 bits per heavy atom. The number of amides is 4. The summed E-state index contributed by atoms with van der Waals surface area (Å²) in [5.41, 5.74) is 3.87. The fourth-order valence-electron chi connectivity index (χ4n) is 3.41. The van der Waals surface area contributed by atoms with Crippen molar-refractivity contribution in [2.45, 2.75) is 45.9 Å². The molecular formula is C27H30FN7O7. The minimum atomic E-state index is -1.21. The Balaban J connectivity index is 1.47. The number of methoxy groups -OCH3 is 1. The molecule has 0 fully saturated rings. The normalized spacial score (nSPS) is 10.8. The number of aromatic nitrogens is 3. The number of hydrogen-bond donors (Lipinski definition) is 4. The van der Waals surface area contributed by atoms with Crippen LogP contribution in [0.25, 0.3) is 0 Å². The molecule has 15 heteroatoms. The van der Waals surface area contributed by atoms with Gasteiger partial charge in [-0.15, -0.1) is 0 Å². The fourth-order valence-corrected chi connectivity index (χ4v) is 3.41. The Bertz CT molecular complexity index is 1520. The summed E-state index contributed by atoms with van der Waals surface area (Å²) in [5.74, 6) is -4.34. The van der Waals surface area contributed by atoms with Crippen molar-refractivity contribution in [3.8, 4) is 5.75 Å². The summed E-state index contributed by atoms with van der Waals surface area (Å²) >= 11 is 0. The zero-order valence-electron chi connectivity index (χ0n) is 23.3. The molecule has 0 bridgehead atoms. The van der Waals surface area contributed by atoms with Crippen LogP contribution in [0, 0.1) is 5.82 Å². The smallest absolute Gasteiger partial charge is 0.412 e. The van der Waals surface area contributed by atoms with E-state index in [1.54, 1.807) is 51.2 Å². The van der Waals surface area contributed by atoms with E-state index in [1.165, 1.54) is 23.9 Å². The highest BCUT2D eigenvalue weighted by molar-refractivity contribution is 6.35. The van der Waals surface area contributed by atoms with Crippen LogP contribution >= 0.6 is 0 Å². The molecule has 14 nitrogen and oxygen atoms in total. The lowest BCUT2D eigenvalue weighted by atomic mass is 10.2. The highest BCUT2D eigenvalue weighted by Gasteiger charge is 2.22. The first-order valence-electron chi connectivity index (χ1n) is 12.5. The molecule has 0 unspecified atom stereocenters. The number of carbonyl (C=O) groups excluding carboxylic acids is 4. The van der Waals surface area contributed by atoms with Crippen molar-refractivity contribution < 1.29 is 33.0 Å². The second-order valence-corrected chi connectivity index (χ2v) is 9.78. The van der Waals surface area contributed by atoms with Crippen LogP contribution in [0.2, 0.25) is 0 Å². The van der Waals surface area contributed by atoms with E-state index >= 15 is 0 Å². The molecule has 4 N–H and O–H groups in total. The molecule has 4 amide bonds. The Morgan fingerprint density at radius 1 is 1.00 bits per heavy atom. The van der Waals surface area contributed by atoms with E-state index in [0.29, 0.717) is 11.3 Å². The van der Waals surface area contributed by atoms with Crippen molar-refractivity contribution in [1.82, 2.24) is 30.7 Å². The highest BCUT2D eigenvalue weighted by Crippen LogP contribution is 2.29. The lowest BCUT2D eigenvalue weighted by Crippen LogP contribution is -2.48. The first kappa shape index (κ1) is 31.2. The average Bonchev–Trinajstić information content (AvgIpc) is 2.92. The molecule has 0 aliphatic heterocycles.